The van der Waals surface area contributed by atoms with Crippen LogP contribution in [0, 0.1) is 0 Å². The Morgan fingerprint density at radius 2 is 1.94 bits per heavy atom. The Balaban J connectivity index is 3.45. The number of alkyl halides is 2. The predicted octanol–water partition coefficient (Wildman–Crippen LogP) is 1.81. The summed E-state index contributed by atoms with van der Waals surface area (Å²) in [6.45, 7) is 0.672. The Labute approximate surface area is 104 Å². The maximum Gasteiger partial charge on any atom is 0.270 e. The van der Waals surface area contributed by atoms with Crippen LogP contribution < -0.4 is 15.2 Å². The summed E-state index contributed by atoms with van der Waals surface area (Å²) in [6, 6.07) is 2.37. The Kier molecular flexibility index (Phi) is 4.48. The molecule has 0 aliphatic rings. The highest BCUT2D eigenvalue weighted by atomic mass is 19.3. The Hall–Kier alpha value is -1.40. The summed E-state index contributed by atoms with van der Waals surface area (Å²) in [7, 11) is 2.71. The molecule has 1 unspecified atom stereocenters. The highest BCUT2D eigenvalue weighted by molar-refractivity contribution is 5.51. The number of aliphatic hydroxyl groups excluding tert-OH is 1. The van der Waals surface area contributed by atoms with Crippen LogP contribution in [-0.2, 0) is 5.92 Å². The molecule has 0 saturated carbocycles. The number of hydrogen-bond donors (Lipinski definition) is 2. The number of hydrogen-bond acceptors (Lipinski definition) is 4. The molecule has 1 atom stereocenters. The fourth-order valence-electron chi connectivity index (χ4n) is 1.62. The summed E-state index contributed by atoms with van der Waals surface area (Å²) in [5, 5.41) is 9.75. The molecule has 0 radical (unpaired) electrons. The largest absolute Gasteiger partial charge is 0.493 e. The van der Waals surface area contributed by atoms with E-state index in [9.17, 15) is 13.9 Å². The lowest BCUT2D eigenvalue weighted by Gasteiger charge is -2.20. The molecule has 1 aromatic carbocycles. The van der Waals surface area contributed by atoms with Crippen molar-refractivity contribution in [1.29, 1.82) is 0 Å². The van der Waals surface area contributed by atoms with Gasteiger partial charge >= 0.3 is 0 Å². The van der Waals surface area contributed by atoms with Crippen molar-refractivity contribution >= 4 is 0 Å². The molecule has 3 N–H and O–H groups in total. The summed E-state index contributed by atoms with van der Waals surface area (Å²) >= 11 is 0. The van der Waals surface area contributed by atoms with Gasteiger partial charge < -0.3 is 20.3 Å². The number of methoxy groups -OCH3 is 2. The third kappa shape index (κ3) is 2.88. The van der Waals surface area contributed by atoms with Gasteiger partial charge in [-0.1, -0.05) is 0 Å². The van der Waals surface area contributed by atoms with E-state index in [2.05, 4.69) is 0 Å². The summed E-state index contributed by atoms with van der Waals surface area (Å²) in [6.07, 6.45) is -1.09. The van der Waals surface area contributed by atoms with Crippen LogP contribution in [0.4, 0.5) is 8.78 Å². The third-order valence-electron chi connectivity index (χ3n) is 2.60. The lowest BCUT2D eigenvalue weighted by atomic mass is 10.0. The van der Waals surface area contributed by atoms with Crippen molar-refractivity contribution in [2.45, 2.75) is 19.0 Å². The summed E-state index contributed by atoms with van der Waals surface area (Å²) in [5.41, 5.74) is 5.27. The Bertz CT molecular complexity index is 419. The van der Waals surface area contributed by atoms with Crippen molar-refractivity contribution in [3.8, 4) is 11.5 Å². The van der Waals surface area contributed by atoms with Crippen LogP contribution in [0.25, 0.3) is 0 Å². The summed E-state index contributed by atoms with van der Waals surface area (Å²) in [4.78, 5) is 0. The van der Waals surface area contributed by atoms with Crippen molar-refractivity contribution in [3.05, 3.63) is 23.3 Å². The minimum atomic E-state index is -3.04. The van der Waals surface area contributed by atoms with Crippen LogP contribution >= 0.6 is 0 Å². The second-order valence-corrected chi connectivity index (χ2v) is 3.94. The number of halogens is 2. The normalized spacial score (nSPS) is 13.3. The number of ether oxygens (including phenoxy) is 2. The first-order chi connectivity index (χ1) is 8.35. The second-order valence-electron chi connectivity index (χ2n) is 3.94. The zero-order valence-electron chi connectivity index (χ0n) is 10.5. The second kappa shape index (κ2) is 5.49. The van der Waals surface area contributed by atoms with E-state index in [0.717, 1.165) is 6.92 Å². The van der Waals surface area contributed by atoms with Gasteiger partial charge in [-0.25, -0.2) is 8.78 Å². The fraction of sp³-hybridized carbons (Fsp3) is 0.500. The predicted molar refractivity (Wildman–Crippen MR) is 63.1 cm³/mol. The smallest absolute Gasteiger partial charge is 0.270 e. The number of aliphatic hydroxyl groups is 1. The molecule has 0 spiro atoms. The van der Waals surface area contributed by atoms with Crippen LogP contribution in [0.3, 0.4) is 0 Å². The first kappa shape index (κ1) is 14.7. The molecular weight excluding hydrogens is 244 g/mol. The fourth-order valence-corrected chi connectivity index (χ4v) is 1.62. The number of rotatable bonds is 5. The molecule has 0 saturated heterocycles. The Morgan fingerprint density at radius 3 is 2.33 bits per heavy atom. The van der Waals surface area contributed by atoms with Gasteiger partial charge in [0.25, 0.3) is 5.92 Å². The first-order valence-corrected chi connectivity index (χ1v) is 5.37. The molecule has 1 rings (SSSR count). The van der Waals surface area contributed by atoms with Gasteiger partial charge in [-0.2, -0.15) is 0 Å². The topological polar surface area (TPSA) is 64.7 Å². The molecule has 0 fully saturated rings. The molecule has 102 valence electrons. The molecule has 18 heavy (non-hydrogen) atoms. The zero-order chi connectivity index (χ0) is 13.9. The van der Waals surface area contributed by atoms with Gasteiger partial charge in [-0.05, 0) is 12.1 Å². The third-order valence-corrected chi connectivity index (χ3v) is 2.60. The van der Waals surface area contributed by atoms with Crippen molar-refractivity contribution in [2.75, 3.05) is 20.8 Å². The Morgan fingerprint density at radius 1 is 1.33 bits per heavy atom. The van der Waals surface area contributed by atoms with Crippen LogP contribution in [0.5, 0.6) is 11.5 Å². The van der Waals surface area contributed by atoms with Crippen LogP contribution in [0.1, 0.15) is 24.2 Å². The zero-order valence-corrected chi connectivity index (χ0v) is 10.5. The van der Waals surface area contributed by atoms with Gasteiger partial charge in [-0.3, -0.25) is 0 Å². The quantitative estimate of drug-likeness (QED) is 0.848. The molecule has 0 aliphatic carbocycles. The number of nitrogens with two attached hydrogens (primary N) is 1. The van der Waals surface area contributed by atoms with E-state index in [1.807, 2.05) is 0 Å². The van der Waals surface area contributed by atoms with E-state index in [1.54, 1.807) is 0 Å². The molecule has 0 aliphatic heterocycles. The minimum absolute atomic E-state index is 0.0990. The van der Waals surface area contributed by atoms with E-state index in [4.69, 9.17) is 15.2 Å². The van der Waals surface area contributed by atoms with Crippen LogP contribution in [0.2, 0.25) is 0 Å². The van der Waals surface area contributed by atoms with E-state index in [-0.39, 0.29) is 29.2 Å². The van der Waals surface area contributed by atoms with Crippen molar-refractivity contribution < 1.29 is 23.4 Å². The maximum atomic E-state index is 13.3. The maximum absolute atomic E-state index is 13.3. The average molecular weight is 261 g/mol. The standard InChI is InChI=1S/C12H17F2NO3/c1-12(13,14)7-4-8(9(16)6-15)11(18-3)10(5-7)17-2/h4-5,9,16H,6,15H2,1-3H3. The van der Waals surface area contributed by atoms with Gasteiger partial charge in [0, 0.05) is 24.6 Å². The lowest BCUT2D eigenvalue weighted by Crippen LogP contribution is -2.15. The lowest BCUT2D eigenvalue weighted by molar-refractivity contribution is 0.0169. The van der Waals surface area contributed by atoms with Crippen LogP contribution in [0.15, 0.2) is 12.1 Å². The summed E-state index contributed by atoms with van der Waals surface area (Å²) < 4.78 is 36.8. The molecule has 4 nitrogen and oxygen atoms in total. The van der Waals surface area contributed by atoms with E-state index < -0.39 is 12.0 Å². The molecule has 0 bridgehead atoms. The van der Waals surface area contributed by atoms with Gasteiger partial charge in [0.15, 0.2) is 11.5 Å². The van der Waals surface area contributed by atoms with Gasteiger partial charge in [0.1, 0.15) is 0 Å². The van der Waals surface area contributed by atoms with Crippen molar-refractivity contribution in [1.82, 2.24) is 0 Å². The highest BCUT2D eigenvalue weighted by Crippen LogP contribution is 2.40. The van der Waals surface area contributed by atoms with E-state index in [1.165, 1.54) is 26.4 Å². The van der Waals surface area contributed by atoms with Crippen molar-refractivity contribution in [3.63, 3.8) is 0 Å². The molecule has 6 heteroatoms. The van der Waals surface area contributed by atoms with E-state index >= 15 is 0 Å². The van der Waals surface area contributed by atoms with Crippen LogP contribution in [-0.4, -0.2) is 25.9 Å². The summed E-state index contributed by atoms with van der Waals surface area (Å²) in [5.74, 6) is -2.69. The molecule has 0 amide bonds. The number of benzene rings is 1. The van der Waals surface area contributed by atoms with Gasteiger partial charge in [0.05, 0.1) is 20.3 Å². The molecule has 1 aromatic rings. The molecule has 0 heterocycles. The van der Waals surface area contributed by atoms with E-state index in [0.29, 0.717) is 0 Å². The van der Waals surface area contributed by atoms with Gasteiger partial charge in [-0.15, -0.1) is 0 Å². The molecular formula is C12H17F2NO3. The minimum Gasteiger partial charge on any atom is -0.493 e. The first-order valence-electron chi connectivity index (χ1n) is 5.37. The monoisotopic (exact) mass is 261 g/mol. The average Bonchev–Trinajstić information content (AvgIpc) is 2.34. The SMILES string of the molecule is COc1cc(C(C)(F)F)cc(C(O)CN)c1OC. The van der Waals surface area contributed by atoms with Gasteiger partial charge in [0.2, 0.25) is 0 Å². The molecule has 0 aromatic heterocycles. The highest BCUT2D eigenvalue weighted by Gasteiger charge is 2.29. The van der Waals surface area contributed by atoms with Crippen molar-refractivity contribution in [2.24, 2.45) is 5.73 Å².